The van der Waals surface area contributed by atoms with Crippen LogP contribution < -0.4 is 0 Å². The van der Waals surface area contributed by atoms with E-state index in [4.69, 9.17) is 0 Å². The first kappa shape index (κ1) is 29.4. The molecule has 4 N–H and O–H groups in total. The van der Waals surface area contributed by atoms with Crippen molar-refractivity contribution in [3.8, 4) is 22.8 Å². The van der Waals surface area contributed by atoms with Gasteiger partial charge in [-0.25, -0.2) is 29.5 Å². The maximum absolute atomic E-state index is 12.3. The SMILES string of the molecule is O=C(O)CC[C@@H](C(=O)O)N(Cc1cccc(-c2cccc(C(=O)O)n2)n1)Cc1cccc(-c2cccc(C(=O)O)n2)n1. The van der Waals surface area contributed by atoms with Crippen molar-refractivity contribution in [3.05, 3.63) is 95.6 Å². The summed E-state index contributed by atoms with van der Waals surface area (Å²) in [5, 5.41) is 37.8. The van der Waals surface area contributed by atoms with Crippen LogP contribution in [0.5, 0.6) is 0 Å². The predicted molar refractivity (Wildman–Crippen MR) is 146 cm³/mol. The summed E-state index contributed by atoms with van der Waals surface area (Å²) in [6.45, 7) is -0.0244. The van der Waals surface area contributed by atoms with Gasteiger partial charge in [-0.3, -0.25) is 14.5 Å². The van der Waals surface area contributed by atoms with Gasteiger partial charge in [-0.15, -0.1) is 0 Å². The van der Waals surface area contributed by atoms with E-state index < -0.39 is 29.9 Å². The van der Waals surface area contributed by atoms with E-state index in [0.717, 1.165) is 0 Å². The van der Waals surface area contributed by atoms with Gasteiger partial charge in [0.15, 0.2) is 0 Å². The molecule has 4 rings (SSSR count). The third kappa shape index (κ3) is 7.55. The number of hydrogen-bond acceptors (Lipinski definition) is 9. The van der Waals surface area contributed by atoms with Crippen LogP contribution in [0.4, 0.5) is 0 Å². The van der Waals surface area contributed by atoms with Gasteiger partial charge in [-0.1, -0.05) is 24.3 Å². The lowest BCUT2D eigenvalue weighted by Gasteiger charge is -2.28. The summed E-state index contributed by atoms with van der Waals surface area (Å²) < 4.78 is 0. The first-order valence-corrected chi connectivity index (χ1v) is 12.6. The Bertz CT molecular complexity index is 1540. The minimum atomic E-state index is -1.23. The normalized spacial score (nSPS) is 11.6. The van der Waals surface area contributed by atoms with E-state index in [2.05, 4.69) is 19.9 Å². The standard InChI is InChI=1S/C29H25N5O8/c35-26(36)14-13-25(29(41)42)34(15-17-5-1-7-19(30-17)21-9-3-11-23(32-21)27(37)38)16-18-6-2-8-20(31-18)22-10-4-12-24(33-22)28(39)40/h1-12,25H,13-16H2,(H,35,36)(H,37,38)(H,39,40)(H,41,42)/t25-/m0/s1. The molecule has 13 nitrogen and oxygen atoms in total. The largest absolute Gasteiger partial charge is 0.481 e. The van der Waals surface area contributed by atoms with Gasteiger partial charge < -0.3 is 20.4 Å². The molecule has 0 saturated heterocycles. The van der Waals surface area contributed by atoms with Crippen molar-refractivity contribution in [2.75, 3.05) is 0 Å². The van der Waals surface area contributed by atoms with E-state index >= 15 is 0 Å². The molecule has 4 heterocycles. The summed E-state index contributed by atoms with van der Waals surface area (Å²) in [4.78, 5) is 65.2. The van der Waals surface area contributed by atoms with Crippen LogP contribution in [0.1, 0.15) is 45.2 Å². The summed E-state index contributed by atoms with van der Waals surface area (Å²) in [6, 6.07) is 17.8. The van der Waals surface area contributed by atoms with Gasteiger partial charge in [0.1, 0.15) is 17.4 Å². The Morgan fingerprint density at radius 1 is 0.595 bits per heavy atom. The topological polar surface area (TPSA) is 204 Å². The molecule has 0 aliphatic heterocycles. The number of rotatable bonds is 13. The Morgan fingerprint density at radius 3 is 1.38 bits per heavy atom. The second kappa shape index (κ2) is 13.2. The number of pyridine rings is 4. The summed E-state index contributed by atoms with van der Waals surface area (Å²) >= 11 is 0. The van der Waals surface area contributed by atoms with Gasteiger partial charge in [-0.05, 0) is 55.0 Å². The van der Waals surface area contributed by atoms with Gasteiger partial charge in [0.25, 0.3) is 0 Å². The van der Waals surface area contributed by atoms with Crippen LogP contribution in [0.25, 0.3) is 22.8 Å². The van der Waals surface area contributed by atoms with Gasteiger partial charge in [0.05, 0.1) is 34.2 Å². The van der Waals surface area contributed by atoms with E-state index in [1.165, 1.54) is 17.0 Å². The summed E-state index contributed by atoms with van der Waals surface area (Å²) in [6.07, 6.45) is -0.569. The van der Waals surface area contributed by atoms with E-state index in [9.17, 15) is 39.6 Å². The highest BCUT2D eigenvalue weighted by Gasteiger charge is 2.28. The van der Waals surface area contributed by atoms with E-state index in [1.807, 2.05) is 0 Å². The number of hydrogen-bond donors (Lipinski definition) is 4. The van der Waals surface area contributed by atoms with Crippen LogP contribution in [0.2, 0.25) is 0 Å². The van der Waals surface area contributed by atoms with Crippen molar-refractivity contribution in [1.82, 2.24) is 24.8 Å². The molecule has 214 valence electrons. The maximum atomic E-state index is 12.3. The molecular weight excluding hydrogens is 546 g/mol. The Balaban J connectivity index is 1.67. The smallest absolute Gasteiger partial charge is 0.354 e. The quantitative estimate of drug-likeness (QED) is 0.182. The molecule has 0 amide bonds. The molecule has 0 aromatic carbocycles. The fourth-order valence-corrected chi connectivity index (χ4v) is 4.23. The summed E-state index contributed by atoms with van der Waals surface area (Å²) in [7, 11) is 0. The molecule has 4 aromatic rings. The summed E-state index contributed by atoms with van der Waals surface area (Å²) in [5.74, 6) is -4.76. The van der Waals surface area contributed by atoms with E-state index in [0.29, 0.717) is 34.2 Å². The third-order valence-corrected chi connectivity index (χ3v) is 6.16. The monoisotopic (exact) mass is 571 g/mol. The van der Waals surface area contributed by atoms with Gasteiger partial charge in [-0.2, -0.15) is 0 Å². The highest BCUT2D eigenvalue weighted by molar-refractivity contribution is 5.86. The zero-order valence-corrected chi connectivity index (χ0v) is 22.0. The highest BCUT2D eigenvalue weighted by atomic mass is 16.4. The minimum Gasteiger partial charge on any atom is -0.481 e. The second-order valence-electron chi connectivity index (χ2n) is 9.15. The molecule has 1 atom stereocenters. The van der Waals surface area contributed by atoms with Gasteiger partial charge in [0, 0.05) is 19.5 Å². The zero-order valence-electron chi connectivity index (χ0n) is 22.0. The van der Waals surface area contributed by atoms with Crippen molar-refractivity contribution < 1.29 is 39.6 Å². The van der Waals surface area contributed by atoms with Gasteiger partial charge in [0.2, 0.25) is 0 Å². The number of aromatic carboxylic acids is 2. The number of carboxylic acids is 4. The van der Waals surface area contributed by atoms with Crippen LogP contribution >= 0.6 is 0 Å². The maximum Gasteiger partial charge on any atom is 0.354 e. The predicted octanol–water partition coefficient (Wildman–Crippen LogP) is 3.32. The number of carbonyl (C=O) groups is 4. The Morgan fingerprint density at radius 2 is 1.00 bits per heavy atom. The van der Waals surface area contributed by atoms with Crippen LogP contribution in [0.15, 0.2) is 72.8 Å². The molecule has 4 aromatic heterocycles. The third-order valence-electron chi connectivity index (χ3n) is 6.16. The second-order valence-corrected chi connectivity index (χ2v) is 9.15. The van der Waals surface area contributed by atoms with E-state index in [-0.39, 0.29) is 37.3 Å². The first-order chi connectivity index (χ1) is 20.1. The average Bonchev–Trinajstić information content (AvgIpc) is 2.97. The number of nitrogens with zero attached hydrogens (tertiary/aromatic N) is 5. The molecule has 0 aliphatic rings. The molecule has 0 saturated carbocycles. The summed E-state index contributed by atoms with van der Waals surface area (Å²) in [5.41, 5.74) is 1.93. The van der Waals surface area contributed by atoms with Crippen molar-refractivity contribution >= 4 is 23.9 Å². The van der Waals surface area contributed by atoms with Crippen LogP contribution in [-0.4, -0.2) is 75.2 Å². The van der Waals surface area contributed by atoms with Crippen molar-refractivity contribution in [1.29, 1.82) is 0 Å². The fourth-order valence-electron chi connectivity index (χ4n) is 4.23. The zero-order chi connectivity index (χ0) is 30.2. The average molecular weight is 572 g/mol. The molecule has 0 fully saturated rings. The van der Waals surface area contributed by atoms with Crippen molar-refractivity contribution in [3.63, 3.8) is 0 Å². The molecule has 0 aliphatic carbocycles. The fraction of sp³-hybridized carbons (Fsp3) is 0.172. The highest BCUT2D eigenvalue weighted by Crippen LogP contribution is 2.21. The Labute approximate surface area is 238 Å². The van der Waals surface area contributed by atoms with Crippen LogP contribution in [0, 0.1) is 0 Å². The lowest BCUT2D eigenvalue weighted by molar-refractivity contribution is -0.145. The molecule has 13 heteroatoms. The lowest BCUT2D eigenvalue weighted by Crippen LogP contribution is -2.41. The lowest BCUT2D eigenvalue weighted by atomic mass is 10.1. The molecule has 42 heavy (non-hydrogen) atoms. The minimum absolute atomic E-state index is 0.0122. The number of aliphatic carboxylic acids is 2. The molecule has 0 radical (unpaired) electrons. The number of carboxylic acid groups (broad SMARTS) is 4. The van der Waals surface area contributed by atoms with Crippen molar-refractivity contribution in [2.45, 2.75) is 32.0 Å². The molecular formula is C29H25N5O8. The molecule has 0 spiro atoms. The van der Waals surface area contributed by atoms with Crippen LogP contribution in [-0.2, 0) is 22.7 Å². The Kier molecular flexibility index (Phi) is 9.24. The molecule has 0 unspecified atom stereocenters. The first-order valence-electron chi connectivity index (χ1n) is 12.6. The number of aromatic nitrogens is 4. The van der Waals surface area contributed by atoms with Crippen LogP contribution in [0.3, 0.4) is 0 Å². The van der Waals surface area contributed by atoms with E-state index in [1.54, 1.807) is 60.7 Å². The van der Waals surface area contributed by atoms with Crippen molar-refractivity contribution in [2.24, 2.45) is 0 Å². The van der Waals surface area contributed by atoms with Gasteiger partial charge >= 0.3 is 23.9 Å². The Hall–Kier alpha value is -5.56. The molecule has 0 bridgehead atoms.